The van der Waals surface area contributed by atoms with Crippen molar-refractivity contribution >= 4 is 22.4 Å². The van der Waals surface area contributed by atoms with Crippen LogP contribution in [0.25, 0.3) is 0 Å². The minimum absolute atomic E-state index is 0.0423. The molecule has 2 unspecified atom stereocenters. The summed E-state index contributed by atoms with van der Waals surface area (Å²) in [5.74, 6) is -0.363. The smallest absolute Gasteiger partial charge is 0.258 e. The van der Waals surface area contributed by atoms with E-state index in [0.717, 1.165) is 12.1 Å². The van der Waals surface area contributed by atoms with Crippen molar-refractivity contribution in [3.8, 4) is 11.8 Å². The largest absolute Gasteiger partial charge is 0.462 e. The van der Waals surface area contributed by atoms with Gasteiger partial charge in [0.25, 0.3) is 5.44 Å². The van der Waals surface area contributed by atoms with E-state index in [1.54, 1.807) is 6.07 Å². The molecule has 0 saturated carbocycles. The molecular weight excluding hydrogens is 241 g/mol. The van der Waals surface area contributed by atoms with Gasteiger partial charge in [-0.05, 0) is 18.2 Å². The van der Waals surface area contributed by atoms with Crippen molar-refractivity contribution in [1.82, 2.24) is 0 Å². The standard InChI is InChI=1S/C9H7ClFNO2S/c1-15(13)9(5-12)14-8-3-2-6(11)4-7(8)10/h2-4,9H,1H3. The molecule has 0 N–H and O–H groups in total. The molecule has 0 fully saturated rings. The predicted octanol–water partition coefficient (Wildman–Crippen LogP) is 2.09. The van der Waals surface area contributed by atoms with Crippen LogP contribution < -0.4 is 4.74 Å². The van der Waals surface area contributed by atoms with Crippen molar-refractivity contribution in [3.63, 3.8) is 0 Å². The molecule has 0 aliphatic heterocycles. The van der Waals surface area contributed by atoms with Crippen molar-refractivity contribution in [2.75, 3.05) is 6.26 Å². The van der Waals surface area contributed by atoms with Crippen LogP contribution in [-0.4, -0.2) is 15.9 Å². The van der Waals surface area contributed by atoms with Gasteiger partial charge in [0, 0.05) is 6.26 Å². The molecule has 0 aromatic heterocycles. The fraction of sp³-hybridized carbons (Fsp3) is 0.222. The van der Waals surface area contributed by atoms with Crippen LogP contribution in [0.4, 0.5) is 4.39 Å². The Morgan fingerprint density at radius 3 is 2.80 bits per heavy atom. The highest BCUT2D eigenvalue weighted by molar-refractivity contribution is 7.85. The second kappa shape index (κ2) is 5.10. The molecule has 15 heavy (non-hydrogen) atoms. The highest BCUT2D eigenvalue weighted by Crippen LogP contribution is 2.26. The fourth-order valence-electron chi connectivity index (χ4n) is 0.854. The van der Waals surface area contributed by atoms with E-state index >= 15 is 0 Å². The van der Waals surface area contributed by atoms with Crippen LogP contribution in [0.15, 0.2) is 18.2 Å². The first-order valence-electron chi connectivity index (χ1n) is 3.88. The van der Waals surface area contributed by atoms with Gasteiger partial charge < -0.3 is 4.74 Å². The Morgan fingerprint density at radius 1 is 1.67 bits per heavy atom. The summed E-state index contributed by atoms with van der Waals surface area (Å²) in [5.41, 5.74) is -1.10. The topological polar surface area (TPSA) is 50.1 Å². The molecule has 6 heteroatoms. The first kappa shape index (κ1) is 12.0. The highest BCUT2D eigenvalue weighted by atomic mass is 35.5. The Kier molecular flexibility index (Phi) is 4.06. The summed E-state index contributed by atoms with van der Waals surface area (Å²) in [6.45, 7) is 0. The molecule has 0 radical (unpaired) electrons. The summed E-state index contributed by atoms with van der Waals surface area (Å²) in [5, 5.41) is 8.66. The van der Waals surface area contributed by atoms with Gasteiger partial charge in [0.1, 0.15) is 17.6 Å². The number of benzene rings is 1. The maximum atomic E-state index is 12.7. The number of nitriles is 1. The van der Waals surface area contributed by atoms with Crippen LogP contribution in [-0.2, 0) is 10.8 Å². The summed E-state index contributed by atoms with van der Waals surface area (Å²) >= 11 is 5.66. The van der Waals surface area contributed by atoms with E-state index in [4.69, 9.17) is 21.6 Å². The normalized spacial score (nSPS) is 14.0. The molecule has 0 aliphatic rings. The van der Waals surface area contributed by atoms with E-state index in [9.17, 15) is 8.60 Å². The van der Waals surface area contributed by atoms with E-state index in [-0.39, 0.29) is 10.8 Å². The van der Waals surface area contributed by atoms with Crippen LogP contribution in [0.5, 0.6) is 5.75 Å². The number of ether oxygens (including phenoxy) is 1. The zero-order valence-electron chi connectivity index (χ0n) is 7.74. The lowest BCUT2D eigenvalue weighted by molar-refractivity contribution is 0.331. The van der Waals surface area contributed by atoms with Crippen LogP contribution >= 0.6 is 11.6 Å². The Labute approximate surface area is 93.9 Å². The number of hydrogen-bond donors (Lipinski definition) is 0. The second-order valence-corrected chi connectivity index (χ2v) is 4.48. The van der Waals surface area contributed by atoms with Gasteiger partial charge in [-0.1, -0.05) is 11.6 Å². The van der Waals surface area contributed by atoms with E-state index in [1.165, 1.54) is 12.3 Å². The zero-order chi connectivity index (χ0) is 11.4. The third kappa shape index (κ3) is 3.18. The predicted molar refractivity (Wildman–Crippen MR) is 55.5 cm³/mol. The number of hydrogen-bond acceptors (Lipinski definition) is 3. The third-order valence-electron chi connectivity index (χ3n) is 1.53. The Bertz CT molecular complexity index is 433. The molecule has 0 aliphatic carbocycles. The molecule has 1 rings (SSSR count). The Morgan fingerprint density at radius 2 is 2.33 bits per heavy atom. The molecule has 1 aromatic rings. The van der Waals surface area contributed by atoms with Gasteiger partial charge in [0.05, 0.1) is 15.8 Å². The Hall–Kier alpha value is -1.12. The lowest BCUT2D eigenvalue weighted by atomic mass is 10.3. The van der Waals surface area contributed by atoms with Crippen LogP contribution in [0.1, 0.15) is 0 Å². The van der Waals surface area contributed by atoms with Crippen LogP contribution in [0, 0.1) is 17.1 Å². The van der Waals surface area contributed by atoms with Crippen molar-refractivity contribution in [1.29, 1.82) is 5.26 Å². The molecule has 2 atom stereocenters. The average molecular weight is 248 g/mol. The number of nitrogens with zero attached hydrogens (tertiary/aromatic N) is 1. The SMILES string of the molecule is CS(=O)C(C#N)Oc1ccc(F)cc1Cl. The van der Waals surface area contributed by atoms with E-state index < -0.39 is 22.1 Å². The molecule has 80 valence electrons. The molecule has 1 aromatic carbocycles. The van der Waals surface area contributed by atoms with Crippen molar-refractivity contribution in [2.45, 2.75) is 5.44 Å². The summed E-state index contributed by atoms with van der Waals surface area (Å²) in [7, 11) is -1.45. The molecule has 0 amide bonds. The average Bonchev–Trinajstić information content (AvgIpc) is 2.16. The maximum Gasteiger partial charge on any atom is 0.258 e. The minimum atomic E-state index is -1.45. The van der Waals surface area contributed by atoms with Crippen molar-refractivity contribution < 1.29 is 13.3 Å². The monoisotopic (exact) mass is 247 g/mol. The van der Waals surface area contributed by atoms with E-state index in [1.807, 2.05) is 0 Å². The van der Waals surface area contributed by atoms with Gasteiger partial charge in [-0.2, -0.15) is 5.26 Å². The van der Waals surface area contributed by atoms with Gasteiger partial charge in [-0.15, -0.1) is 0 Å². The first-order valence-corrected chi connectivity index (χ1v) is 5.88. The van der Waals surface area contributed by atoms with Crippen molar-refractivity contribution in [2.24, 2.45) is 0 Å². The molecule has 0 saturated heterocycles. The van der Waals surface area contributed by atoms with E-state index in [0.29, 0.717) is 0 Å². The van der Waals surface area contributed by atoms with Gasteiger partial charge in [0.2, 0.25) is 0 Å². The molecule has 3 nitrogen and oxygen atoms in total. The van der Waals surface area contributed by atoms with Crippen LogP contribution in [0.2, 0.25) is 5.02 Å². The molecule has 0 heterocycles. The molecule has 0 bridgehead atoms. The second-order valence-electron chi connectivity index (χ2n) is 2.65. The van der Waals surface area contributed by atoms with Gasteiger partial charge >= 0.3 is 0 Å². The lowest BCUT2D eigenvalue weighted by Gasteiger charge is -2.10. The van der Waals surface area contributed by atoms with Gasteiger partial charge in [-0.25, -0.2) is 4.39 Å². The third-order valence-corrected chi connectivity index (χ3v) is 2.63. The first-order chi connectivity index (χ1) is 7.04. The summed E-state index contributed by atoms with van der Waals surface area (Å²) < 4.78 is 28.7. The van der Waals surface area contributed by atoms with E-state index in [2.05, 4.69) is 0 Å². The lowest BCUT2D eigenvalue weighted by Crippen LogP contribution is -2.19. The quantitative estimate of drug-likeness (QED) is 0.822. The fourth-order valence-corrected chi connectivity index (χ4v) is 1.45. The highest BCUT2D eigenvalue weighted by Gasteiger charge is 2.15. The van der Waals surface area contributed by atoms with Gasteiger partial charge in [-0.3, -0.25) is 4.21 Å². The zero-order valence-corrected chi connectivity index (χ0v) is 9.31. The Balaban J connectivity index is 2.90. The number of halogens is 2. The summed E-state index contributed by atoms with van der Waals surface area (Å²) in [6.07, 6.45) is 1.34. The number of rotatable bonds is 3. The maximum absolute atomic E-state index is 12.7. The van der Waals surface area contributed by atoms with Crippen LogP contribution in [0.3, 0.4) is 0 Å². The minimum Gasteiger partial charge on any atom is -0.462 e. The van der Waals surface area contributed by atoms with Gasteiger partial charge in [0.15, 0.2) is 0 Å². The summed E-state index contributed by atoms with van der Waals surface area (Å²) in [4.78, 5) is 0. The van der Waals surface area contributed by atoms with Crippen molar-refractivity contribution in [3.05, 3.63) is 29.0 Å². The summed E-state index contributed by atoms with van der Waals surface area (Å²) in [6, 6.07) is 5.21. The molecule has 0 spiro atoms. The molecular formula is C9H7ClFNO2S.